The van der Waals surface area contributed by atoms with Crippen molar-refractivity contribution in [3.05, 3.63) is 0 Å². The number of ether oxygens (including phenoxy) is 1. The van der Waals surface area contributed by atoms with Gasteiger partial charge in [-0.25, -0.2) is 4.79 Å². The predicted molar refractivity (Wildman–Crippen MR) is 51.6 cm³/mol. The second-order valence-electron chi connectivity index (χ2n) is 3.77. The van der Waals surface area contributed by atoms with E-state index in [1.165, 1.54) is 4.90 Å². The number of carbonyl (C=O) groups excluding carboxylic acids is 1. The number of hydrogen-bond acceptors (Lipinski definition) is 3. The van der Waals surface area contributed by atoms with Gasteiger partial charge in [0.15, 0.2) is 0 Å². The van der Waals surface area contributed by atoms with Crippen molar-refractivity contribution in [1.82, 2.24) is 4.90 Å². The first-order valence-corrected chi connectivity index (χ1v) is 5.02. The number of carbonyl (C=O) groups is 1. The Bertz CT molecular complexity index is 245. The average molecular weight is 196 g/mol. The molecule has 0 saturated carbocycles. The molecule has 0 aliphatic carbocycles. The quantitative estimate of drug-likeness (QED) is 0.643. The van der Waals surface area contributed by atoms with Crippen LogP contribution in [0.2, 0.25) is 0 Å². The molecule has 0 aromatic heterocycles. The van der Waals surface area contributed by atoms with Gasteiger partial charge in [-0.15, -0.1) is 0 Å². The molecule has 1 saturated heterocycles. The van der Waals surface area contributed by atoms with E-state index in [9.17, 15) is 4.79 Å². The smallest absolute Gasteiger partial charge is 0.411 e. The first-order valence-electron chi connectivity index (χ1n) is 5.02. The largest absolute Gasteiger partial charge is 0.447 e. The molecule has 0 aromatic rings. The van der Waals surface area contributed by atoms with Crippen LogP contribution >= 0.6 is 0 Å². The lowest BCUT2D eigenvalue weighted by molar-refractivity contribution is 0.0620. The highest BCUT2D eigenvalue weighted by Crippen LogP contribution is 2.17. The van der Waals surface area contributed by atoms with Gasteiger partial charge in [-0.3, -0.25) is 4.90 Å². The lowest BCUT2D eigenvalue weighted by Gasteiger charge is -2.31. The van der Waals surface area contributed by atoms with Gasteiger partial charge in [-0.2, -0.15) is 5.26 Å². The Morgan fingerprint density at radius 3 is 2.86 bits per heavy atom. The van der Waals surface area contributed by atoms with Crippen molar-refractivity contribution in [2.24, 2.45) is 0 Å². The van der Waals surface area contributed by atoms with Crippen LogP contribution in [-0.4, -0.2) is 29.7 Å². The molecule has 0 radical (unpaired) electrons. The second-order valence-corrected chi connectivity index (χ2v) is 3.77. The molecule has 0 bridgehead atoms. The molecule has 1 rings (SSSR count). The van der Waals surface area contributed by atoms with E-state index in [0.717, 1.165) is 19.3 Å². The fraction of sp³-hybridized carbons (Fsp3) is 0.800. The Kier molecular flexibility index (Phi) is 3.75. The summed E-state index contributed by atoms with van der Waals surface area (Å²) in [5, 5.41) is 8.85. The van der Waals surface area contributed by atoms with Crippen LogP contribution in [0.25, 0.3) is 0 Å². The van der Waals surface area contributed by atoms with Crippen LogP contribution in [0.15, 0.2) is 0 Å². The Labute approximate surface area is 84.4 Å². The van der Waals surface area contributed by atoms with Crippen LogP contribution in [0.5, 0.6) is 0 Å². The SMILES string of the molecule is CC(C)OC(=O)N1CCCCC1C#N. The van der Waals surface area contributed by atoms with Crippen LogP contribution in [0, 0.1) is 11.3 Å². The number of hydrogen-bond donors (Lipinski definition) is 0. The maximum absolute atomic E-state index is 11.5. The standard InChI is InChI=1S/C10H16N2O2/c1-8(2)14-10(13)12-6-4-3-5-9(12)7-11/h8-9H,3-6H2,1-2H3. The predicted octanol–water partition coefficient (Wildman–Crippen LogP) is 1.91. The molecule has 14 heavy (non-hydrogen) atoms. The van der Waals surface area contributed by atoms with E-state index in [0.29, 0.717) is 6.54 Å². The fourth-order valence-corrected chi connectivity index (χ4v) is 1.55. The summed E-state index contributed by atoms with van der Waals surface area (Å²) in [6.45, 7) is 4.26. The summed E-state index contributed by atoms with van der Waals surface area (Å²) < 4.78 is 5.06. The highest BCUT2D eigenvalue weighted by Gasteiger charge is 2.27. The molecule has 1 amide bonds. The third kappa shape index (κ3) is 2.63. The molecule has 1 fully saturated rings. The summed E-state index contributed by atoms with van der Waals surface area (Å²) in [6.07, 6.45) is 2.27. The van der Waals surface area contributed by atoms with Gasteiger partial charge in [-0.05, 0) is 33.1 Å². The van der Waals surface area contributed by atoms with Crippen molar-refractivity contribution >= 4 is 6.09 Å². The van der Waals surface area contributed by atoms with Gasteiger partial charge in [0, 0.05) is 6.54 Å². The third-order valence-electron chi connectivity index (χ3n) is 2.22. The molecule has 1 atom stereocenters. The van der Waals surface area contributed by atoms with E-state index in [1.807, 2.05) is 13.8 Å². The van der Waals surface area contributed by atoms with Gasteiger partial charge in [-0.1, -0.05) is 0 Å². The zero-order valence-electron chi connectivity index (χ0n) is 8.69. The summed E-state index contributed by atoms with van der Waals surface area (Å²) in [5.74, 6) is 0. The molecule has 1 heterocycles. The Hall–Kier alpha value is -1.24. The number of nitrogens with zero attached hydrogens (tertiary/aromatic N) is 2. The maximum atomic E-state index is 11.5. The summed E-state index contributed by atoms with van der Waals surface area (Å²) in [7, 11) is 0. The van der Waals surface area contributed by atoms with Gasteiger partial charge in [0.2, 0.25) is 0 Å². The zero-order chi connectivity index (χ0) is 10.6. The molecule has 4 heteroatoms. The summed E-state index contributed by atoms with van der Waals surface area (Å²) in [6, 6.07) is 1.84. The van der Waals surface area contributed by atoms with Crippen molar-refractivity contribution in [2.75, 3.05) is 6.54 Å². The number of amides is 1. The number of rotatable bonds is 1. The molecule has 0 aromatic carbocycles. The van der Waals surface area contributed by atoms with Gasteiger partial charge in [0.1, 0.15) is 6.04 Å². The summed E-state index contributed by atoms with van der Waals surface area (Å²) in [4.78, 5) is 13.1. The normalized spacial score (nSPS) is 21.9. The van der Waals surface area contributed by atoms with E-state index < -0.39 is 0 Å². The van der Waals surface area contributed by atoms with Crippen LogP contribution in [0.1, 0.15) is 33.1 Å². The van der Waals surface area contributed by atoms with Crippen molar-refractivity contribution < 1.29 is 9.53 Å². The van der Waals surface area contributed by atoms with Crippen LogP contribution in [-0.2, 0) is 4.74 Å². The van der Waals surface area contributed by atoms with Crippen LogP contribution in [0.3, 0.4) is 0 Å². The topological polar surface area (TPSA) is 53.3 Å². The molecule has 1 unspecified atom stereocenters. The number of piperidine rings is 1. The lowest BCUT2D eigenvalue weighted by atomic mass is 10.0. The Morgan fingerprint density at radius 2 is 2.29 bits per heavy atom. The monoisotopic (exact) mass is 196 g/mol. The van der Waals surface area contributed by atoms with Crippen molar-refractivity contribution in [2.45, 2.75) is 45.3 Å². The van der Waals surface area contributed by atoms with Gasteiger partial charge >= 0.3 is 6.09 Å². The highest BCUT2D eigenvalue weighted by atomic mass is 16.6. The zero-order valence-corrected chi connectivity index (χ0v) is 8.69. The maximum Gasteiger partial charge on any atom is 0.411 e. The molecule has 0 spiro atoms. The molecule has 4 nitrogen and oxygen atoms in total. The molecular weight excluding hydrogens is 180 g/mol. The lowest BCUT2D eigenvalue weighted by Crippen LogP contribution is -2.43. The molecule has 1 aliphatic rings. The number of likely N-dealkylation sites (tertiary alicyclic amines) is 1. The van der Waals surface area contributed by atoms with E-state index in [-0.39, 0.29) is 18.2 Å². The molecule has 0 N–H and O–H groups in total. The van der Waals surface area contributed by atoms with Crippen LogP contribution < -0.4 is 0 Å². The first kappa shape index (κ1) is 10.8. The fourth-order valence-electron chi connectivity index (χ4n) is 1.55. The molecule has 78 valence electrons. The highest BCUT2D eigenvalue weighted by molar-refractivity contribution is 5.68. The van der Waals surface area contributed by atoms with Gasteiger partial charge in [0.05, 0.1) is 12.2 Å². The minimum atomic E-state index is -0.355. The number of nitriles is 1. The van der Waals surface area contributed by atoms with Gasteiger partial charge in [0.25, 0.3) is 0 Å². The minimum Gasteiger partial charge on any atom is -0.447 e. The average Bonchev–Trinajstić information content (AvgIpc) is 2.16. The third-order valence-corrected chi connectivity index (χ3v) is 2.22. The van der Waals surface area contributed by atoms with Gasteiger partial charge < -0.3 is 4.74 Å². The van der Waals surface area contributed by atoms with E-state index in [2.05, 4.69) is 6.07 Å². The second kappa shape index (κ2) is 4.85. The molecular formula is C10H16N2O2. The minimum absolute atomic E-state index is 0.122. The summed E-state index contributed by atoms with van der Waals surface area (Å²) in [5.41, 5.74) is 0. The molecule has 1 aliphatic heterocycles. The van der Waals surface area contributed by atoms with Crippen molar-refractivity contribution in [1.29, 1.82) is 5.26 Å². The van der Waals surface area contributed by atoms with E-state index in [4.69, 9.17) is 10.00 Å². The Morgan fingerprint density at radius 1 is 1.57 bits per heavy atom. The van der Waals surface area contributed by atoms with Crippen molar-refractivity contribution in [3.8, 4) is 6.07 Å². The Balaban J connectivity index is 2.55. The first-order chi connectivity index (χ1) is 6.65. The van der Waals surface area contributed by atoms with E-state index >= 15 is 0 Å². The van der Waals surface area contributed by atoms with Crippen molar-refractivity contribution in [3.63, 3.8) is 0 Å². The summed E-state index contributed by atoms with van der Waals surface area (Å²) >= 11 is 0. The van der Waals surface area contributed by atoms with Crippen LogP contribution in [0.4, 0.5) is 4.79 Å². The van der Waals surface area contributed by atoms with E-state index in [1.54, 1.807) is 0 Å².